The molecule has 1 fully saturated rings. The number of anilines is 2. The summed E-state index contributed by atoms with van der Waals surface area (Å²) in [5.74, 6) is 1.41. The zero-order chi connectivity index (χ0) is 32.0. The molecule has 3 aromatic carbocycles. The summed E-state index contributed by atoms with van der Waals surface area (Å²) >= 11 is 0. The van der Waals surface area contributed by atoms with E-state index in [1.165, 1.54) is 0 Å². The summed E-state index contributed by atoms with van der Waals surface area (Å²) in [7, 11) is 0. The number of nitrogens with one attached hydrogen (secondary N) is 2. The molecule has 2 amide bonds. The number of hydrogen-bond acceptors (Lipinski definition) is 6. The third-order valence-electron chi connectivity index (χ3n) is 8.37. The highest BCUT2D eigenvalue weighted by Gasteiger charge is 2.23. The van der Waals surface area contributed by atoms with Gasteiger partial charge in [0.05, 0.1) is 29.8 Å². The second kappa shape index (κ2) is 14.5. The topological polar surface area (TPSA) is 83.9 Å². The Hall–Kier alpha value is -3.92. The van der Waals surface area contributed by atoms with Crippen molar-refractivity contribution in [2.45, 2.75) is 53.1 Å². The second-order valence-corrected chi connectivity index (χ2v) is 12.8. The van der Waals surface area contributed by atoms with Crippen LogP contribution < -0.4 is 15.4 Å². The number of hydrogen-bond donors (Lipinski definition) is 2. The Morgan fingerprint density at radius 2 is 1.76 bits per heavy atom. The molecule has 0 bridgehead atoms. The minimum atomic E-state index is -0.339. The molecule has 4 aromatic rings. The SMILES string of the molecule is CCN(CC)CC1CN(CCOc2ccc(NC(=O)Nc3cc(C(C)(C)C)nn3-c3ccc(C)cc3)c3ccccc23)CCO1. The number of benzene rings is 3. The predicted octanol–water partition coefficient (Wildman–Crippen LogP) is 6.70. The van der Waals surface area contributed by atoms with Gasteiger partial charge in [-0.15, -0.1) is 0 Å². The van der Waals surface area contributed by atoms with Crippen LogP contribution in [0.2, 0.25) is 0 Å². The van der Waals surface area contributed by atoms with Crippen LogP contribution in [0.4, 0.5) is 16.3 Å². The minimum Gasteiger partial charge on any atom is -0.492 e. The van der Waals surface area contributed by atoms with Gasteiger partial charge in [-0.3, -0.25) is 10.2 Å². The molecule has 9 nitrogen and oxygen atoms in total. The van der Waals surface area contributed by atoms with Crippen molar-refractivity contribution in [2.75, 3.05) is 63.1 Å². The Bertz CT molecular complexity index is 1570. The monoisotopic (exact) mass is 612 g/mol. The van der Waals surface area contributed by atoms with Gasteiger partial charge in [0.1, 0.15) is 18.2 Å². The van der Waals surface area contributed by atoms with Gasteiger partial charge in [0.15, 0.2) is 0 Å². The number of ether oxygens (including phenoxy) is 2. The number of rotatable bonds is 11. The fourth-order valence-corrected chi connectivity index (χ4v) is 5.64. The van der Waals surface area contributed by atoms with E-state index in [4.69, 9.17) is 14.6 Å². The van der Waals surface area contributed by atoms with Crippen LogP contribution in [0.1, 0.15) is 45.9 Å². The zero-order valence-electron chi connectivity index (χ0n) is 27.6. The number of amides is 2. The first-order valence-electron chi connectivity index (χ1n) is 16.1. The van der Waals surface area contributed by atoms with Crippen LogP contribution in [0.15, 0.2) is 66.7 Å². The van der Waals surface area contributed by atoms with Crippen LogP contribution in [0.3, 0.4) is 0 Å². The van der Waals surface area contributed by atoms with Gasteiger partial charge in [-0.1, -0.05) is 76.6 Å². The molecule has 0 radical (unpaired) electrons. The highest BCUT2D eigenvalue weighted by Crippen LogP contribution is 2.32. The number of nitrogens with zero attached hydrogens (tertiary/aromatic N) is 4. The van der Waals surface area contributed by atoms with Gasteiger partial charge in [-0.25, -0.2) is 9.48 Å². The van der Waals surface area contributed by atoms with E-state index in [9.17, 15) is 4.79 Å². The molecule has 0 spiro atoms. The molecule has 5 rings (SSSR count). The molecule has 1 aliphatic rings. The summed E-state index contributed by atoms with van der Waals surface area (Å²) < 4.78 is 14.1. The molecule has 1 saturated heterocycles. The van der Waals surface area contributed by atoms with E-state index < -0.39 is 0 Å². The van der Waals surface area contributed by atoms with E-state index in [0.717, 1.165) is 79.3 Å². The van der Waals surface area contributed by atoms with Crippen molar-refractivity contribution in [2.24, 2.45) is 0 Å². The minimum absolute atomic E-state index is 0.177. The molecule has 2 N–H and O–H groups in total. The summed E-state index contributed by atoms with van der Waals surface area (Å²) in [5.41, 5.74) is 3.47. The van der Waals surface area contributed by atoms with Crippen molar-refractivity contribution >= 4 is 28.3 Å². The first-order chi connectivity index (χ1) is 21.6. The highest BCUT2D eigenvalue weighted by atomic mass is 16.5. The van der Waals surface area contributed by atoms with Gasteiger partial charge < -0.3 is 19.7 Å². The van der Waals surface area contributed by atoms with Crippen molar-refractivity contribution in [1.82, 2.24) is 19.6 Å². The van der Waals surface area contributed by atoms with Crippen LogP contribution in [0.25, 0.3) is 16.5 Å². The van der Waals surface area contributed by atoms with E-state index in [0.29, 0.717) is 18.1 Å². The summed E-state index contributed by atoms with van der Waals surface area (Å²) in [6.45, 7) is 19.8. The van der Waals surface area contributed by atoms with Crippen LogP contribution in [-0.4, -0.2) is 84.2 Å². The average Bonchev–Trinajstić information content (AvgIpc) is 3.45. The molecule has 240 valence electrons. The molecular weight excluding hydrogens is 564 g/mol. The maximum Gasteiger partial charge on any atom is 0.324 e. The van der Waals surface area contributed by atoms with Gasteiger partial charge in [-0.05, 0) is 44.3 Å². The summed E-state index contributed by atoms with van der Waals surface area (Å²) in [5, 5.41) is 12.8. The van der Waals surface area contributed by atoms with Crippen molar-refractivity contribution < 1.29 is 14.3 Å². The van der Waals surface area contributed by atoms with Crippen LogP contribution in [0, 0.1) is 6.92 Å². The van der Waals surface area contributed by atoms with Gasteiger partial charge >= 0.3 is 6.03 Å². The van der Waals surface area contributed by atoms with Crippen molar-refractivity contribution in [3.05, 3.63) is 78.0 Å². The lowest BCUT2D eigenvalue weighted by Crippen LogP contribution is -2.48. The van der Waals surface area contributed by atoms with Crippen LogP contribution >= 0.6 is 0 Å². The summed E-state index contributed by atoms with van der Waals surface area (Å²) in [6.07, 6.45) is 0.228. The maximum absolute atomic E-state index is 13.4. The van der Waals surface area contributed by atoms with E-state index in [1.807, 2.05) is 73.7 Å². The molecule has 9 heteroatoms. The smallest absolute Gasteiger partial charge is 0.324 e. The van der Waals surface area contributed by atoms with Gasteiger partial charge in [0.2, 0.25) is 0 Å². The van der Waals surface area contributed by atoms with Crippen molar-refractivity contribution in [1.29, 1.82) is 0 Å². The highest BCUT2D eigenvalue weighted by molar-refractivity contribution is 6.07. The van der Waals surface area contributed by atoms with Crippen LogP contribution in [0.5, 0.6) is 5.75 Å². The zero-order valence-corrected chi connectivity index (χ0v) is 27.6. The number of carbonyl (C=O) groups is 1. The van der Waals surface area contributed by atoms with E-state index in [2.05, 4.69) is 55.1 Å². The first kappa shape index (κ1) is 32.5. The Balaban J connectivity index is 1.25. The van der Waals surface area contributed by atoms with Crippen molar-refractivity contribution in [3.8, 4) is 11.4 Å². The molecule has 1 aliphatic heterocycles. The Morgan fingerprint density at radius 3 is 2.47 bits per heavy atom. The van der Waals surface area contributed by atoms with Gasteiger partial charge in [-0.2, -0.15) is 5.10 Å². The number of morpholine rings is 1. The molecule has 2 heterocycles. The molecular formula is C36H48N6O3. The van der Waals surface area contributed by atoms with E-state index in [-0.39, 0.29) is 17.6 Å². The lowest BCUT2D eigenvalue weighted by Gasteiger charge is -2.35. The second-order valence-electron chi connectivity index (χ2n) is 12.8. The van der Waals surface area contributed by atoms with Crippen LogP contribution in [-0.2, 0) is 10.2 Å². The molecule has 45 heavy (non-hydrogen) atoms. The molecule has 1 atom stereocenters. The molecule has 0 aliphatic carbocycles. The largest absolute Gasteiger partial charge is 0.492 e. The van der Waals surface area contributed by atoms with E-state index >= 15 is 0 Å². The average molecular weight is 613 g/mol. The first-order valence-corrected chi connectivity index (χ1v) is 16.1. The maximum atomic E-state index is 13.4. The summed E-state index contributed by atoms with van der Waals surface area (Å²) in [6, 6.07) is 21.5. The lowest BCUT2D eigenvalue weighted by atomic mass is 9.92. The number of carbonyl (C=O) groups excluding carboxylic acids is 1. The van der Waals surface area contributed by atoms with E-state index in [1.54, 1.807) is 4.68 Å². The summed E-state index contributed by atoms with van der Waals surface area (Å²) in [4.78, 5) is 18.2. The molecule has 0 saturated carbocycles. The number of aryl methyl sites for hydroxylation is 1. The standard InChI is InChI=1S/C36H48N6O3/c1-7-40(8-2)24-28-25-41(19-21-44-28)20-22-45-32-18-17-31(29-11-9-10-12-30(29)32)37-35(43)38-34-23-33(36(4,5)6)39-42(34)27-15-13-26(3)14-16-27/h9-18,23,28H,7-8,19-22,24-25H2,1-6H3,(H2,37,38,43). The fraction of sp³-hybridized carbons (Fsp3) is 0.444. The quantitative estimate of drug-likeness (QED) is 0.196. The Labute approximate surface area is 267 Å². The number of likely N-dealkylation sites (N-methyl/N-ethyl adjacent to an activating group) is 1. The fourth-order valence-electron chi connectivity index (χ4n) is 5.64. The normalized spacial score (nSPS) is 15.8. The molecule has 1 aromatic heterocycles. The third kappa shape index (κ3) is 8.22. The Kier molecular flexibility index (Phi) is 10.4. The number of aromatic nitrogens is 2. The third-order valence-corrected chi connectivity index (χ3v) is 8.37. The van der Waals surface area contributed by atoms with Crippen molar-refractivity contribution in [3.63, 3.8) is 0 Å². The number of urea groups is 1. The number of fused-ring (bicyclic) bond motifs is 1. The van der Waals surface area contributed by atoms with Gasteiger partial charge in [0.25, 0.3) is 0 Å². The van der Waals surface area contributed by atoms with Gasteiger partial charge in [0, 0.05) is 48.4 Å². The predicted molar refractivity (Wildman–Crippen MR) is 183 cm³/mol. The lowest BCUT2D eigenvalue weighted by molar-refractivity contribution is -0.0445. The Morgan fingerprint density at radius 1 is 1.02 bits per heavy atom. The molecule has 1 unspecified atom stereocenters.